The molecule has 0 radical (unpaired) electrons. The first-order valence-electron chi connectivity index (χ1n) is 5.11. The van der Waals surface area contributed by atoms with Gasteiger partial charge < -0.3 is 4.74 Å². The van der Waals surface area contributed by atoms with Crippen molar-refractivity contribution in [3.8, 4) is 5.75 Å². The van der Waals surface area contributed by atoms with Gasteiger partial charge in [-0.1, -0.05) is 11.6 Å². The number of ether oxygens (including phenoxy) is 1. The number of carbonyl (C=O) groups is 1. The van der Waals surface area contributed by atoms with Crippen LogP contribution in [0, 0.1) is 0 Å². The Morgan fingerprint density at radius 3 is 2.89 bits per heavy atom. The number of carbonyl (C=O) groups excluding carboxylic acids is 1. The summed E-state index contributed by atoms with van der Waals surface area (Å²) in [5.41, 5.74) is 0.692. The van der Waals surface area contributed by atoms with Gasteiger partial charge in [0, 0.05) is 22.1 Å². The van der Waals surface area contributed by atoms with Crippen LogP contribution in [0.1, 0.15) is 6.92 Å². The maximum atomic E-state index is 11.0. The lowest BCUT2D eigenvalue weighted by molar-refractivity contribution is -0.116. The molecule has 94 valence electrons. The van der Waals surface area contributed by atoms with Crippen LogP contribution in [0.15, 0.2) is 28.9 Å². The van der Waals surface area contributed by atoms with E-state index in [9.17, 15) is 4.79 Å². The van der Waals surface area contributed by atoms with E-state index in [0.29, 0.717) is 16.3 Å². The summed E-state index contributed by atoms with van der Waals surface area (Å²) in [6.45, 7) is 1.63. The smallest absolute Gasteiger partial charge is 0.226 e. The number of aromatic nitrogens is 1. The Hall–Kier alpha value is -0.780. The van der Waals surface area contributed by atoms with Crippen molar-refractivity contribution in [2.75, 3.05) is 0 Å². The quantitative estimate of drug-likeness (QED) is 0.857. The summed E-state index contributed by atoms with van der Waals surface area (Å²) in [5.74, 6) is 0.516. The molecule has 0 aliphatic rings. The van der Waals surface area contributed by atoms with Gasteiger partial charge in [-0.3, -0.25) is 9.78 Å². The van der Waals surface area contributed by atoms with E-state index in [0.717, 1.165) is 9.86 Å². The van der Waals surface area contributed by atoms with Gasteiger partial charge in [0.15, 0.2) is 6.10 Å². The van der Waals surface area contributed by atoms with Crippen molar-refractivity contribution in [3.63, 3.8) is 0 Å². The summed E-state index contributed by atoms with van der Waals surface area (Å²) in [5, 5.41) is 0.984. The van der Waals surface area contributed by atoms with Crippen molar-refractivity contribution in [3.05, 3.63) is 33.9 Å². The maximum absolute atomic E-state index is 11.0. The Morgan fingerprint density at radius 2 is 2.22 bits per heavy atom. The first kappa shape index (κ1) is 13.6. The van der Waals surface area contributed by atoms with Gasteiger partial charge in [0.25, 0.3) is 0 Å². The Kier molecular flexibility index (Phi) is 4.14. The number of hydrogen-bond donors (Lipinski definition) is 1. The molecule has 0 amide bonds. The number of halogens is 2. The van der Waals surface area contributed by atoms with Gasteiger partial charge in [-0.25, -0.2) is 0 Å². The topological polar surface area (TPSA) is 39.2 Å². The van der Waals surface area contributed by atoms with Gasteiger partial charge in [0.2, 0.25) is 5.12 Å². The van der Waals surface area contributed by atoms with Crippen molar-refractivity contribution in [2.45, 2.75) is 13.0 Å². The lowest BCUT2D eigenvalue weighted by Gasteiger charge is -2.12. The van der Waals surface area contributed by atoms with E-state index in [1.165, 1.54) is 0 Å². The molecule has 0 aliphatic heterocycles. The standard InChI is InChI=1S/C12H9BrClNO2S/c1-6(12(16)18)17-9-3-7-2-8(13)5-15-11(7)10(14)4-9/h2-6H,1H3,(H,16,18). The SMILES string of the molecule is CC(Oc1cc(Cl)c2ncc(Br)cc2c1)C(=O)S. The predicted molar refractivity (Wildman–Crippen MR) is 78.5 cm³/mol. The number of pyridine rings is 1. The van der Waals surface area contributed by atoms with Crippen molar-refractivity contribution in [1.82, 2.24) is 4.98 Å². The molecule has 1 aromatic heterocycles. The Bertz CT molecular complexity index is 620. The second kappa shape index (κ2) is 5.47. The highest BCUT2D eigenvalue weighted by molar-refractivity contribution is 9.10. The summed E-state index contributed by atoms with van der Waals surface area (Å²) in [7, 11) is 0. The molecule has 1 aromatic carbocycles. The van der Waals surface area contributed by atoms with Gasteiger partial charge in [-0.05, 0) is 35.0 Å². The van der Waals surface area contributed by atoms with Crippen LogP contribution in [0.25, 0.3) is 10.9 Å². The molecule has 3 nitrogen and oxygen atoms in total. The number of rotatable bonds is 3. The van der Waals surface area contributed by atoms with E-state index >= 15 is 0 Å². The summed E-state index contributed by atoms with van der Waals surface area (Å²) in [4.78, 5) is 15.3. The van der Waals surface area contributed by atoms with Crippen molar-refractivity contribution in [2.24, 2.45) is 0 Å². The number of hydrogen-bond acceptors (Lipinski definition) is 3. The van der Waals surface area contributed by atoms with Crippen LogP contribution < -0.4 is 4.74 Å². The van der Waals surface area contributed by atoms with Crippen LogP contribution in [-0.2, 0) is 4.79 Å². The van der Waals surface area contributed by atoms with Gasteiger partial charge in [0.05, 0.1) is 10.5 Å². The molecule has 0 bridgehead atoms. The molecule has 0 fully saturated rings. The summed E-state index contributed by atoms with van der Waals surface area (Å²) >= 11 is 13.2. The first-order valence-corrected chi connectivity index (χ1v) is 6.73. The predicted octanol–water partition coefficient (Wildman–Crippen LogP) is 3.87. The van der Waals surface area contributed by atoms with Crippen LogP contribution in [0.4, 0.5) is 0 Å². The highest BCUT2D eigenvalue weighted by atomic mass is 79.9. The molecule has 2 aromatic rings. The van der Waals surface area contributed by atoms with E-state index in [1.54, 1.807) is 25.3 Å². The van der Waals surface area contributed by atoms with Crippen molar-refractivity contribution in [1.29, 1.82) is 0 Å². The molecule has 6 heteroatoms. The number of benzene rings is 1. The van der Waals surface area contributed by atoms with Crippen LogP contribution in [0.2, 0.25) is 5.02 Å². The average Bonchev–Trinajstić information content (AvgIpc) is 2.27. The van der Waals surface area contributed by atoms with Gasteiger partial charge in [-0.15, -0.1) is 12.6 Å². The van der Waals surface area contributed by atoms with Crippen LogP contribution in [0.5, 0.6) is 5.75 Å². The molecule has 0 N–H and O–H groups in total. The average molecular weight is 347 g/mol. The van der Waals surface area contributed by atoms with E-state index in [1.807, 2.05) is 6.07 Å². The van der Waals surface area contributed by atoms with E-state index in [2.05, 4.69) is 33.5 Å². The molecular weight excluding hydrogens is 338 g/mol. The fourth-order valence-corrected chi connectivity index (χ4v) is 2.14. The van der Waals surface area contributed by atoms with Crippen molar-refractivity contribution < 1.29 is 9.53 Å². The third-order valence-corrected chi connectivity index (χ3v) is 3.42. The molecule has 0 spiro atoms. The maximum Gasteiger partial charge on any atom is 0.226 e. The fourth-order valence-electron chi connectivity index (χ4n) is 1.48. The minimum atomic E-state index is -0.623. The lowest BCUT2D eigenvalue weighted by Crippen LogP contribution is -2.18. The van der Waals surface area contributed by atoms with Crippen LogP contribution in [-0.4, -0.2) is 16.2 Å². The Morgan fingerprint density at radius 1 is 1.50 bits per heavy atom. The third-order valence-electron chi connectivity index (χ3n) is 2.34. The number of fused-ring (bicyclic) bond motifs is 1. The molecule has 0 saturated heterocycles. The summed E-state index contributed by atoms with van der Waals surface area (Å²) in [6, 6.07) is 5.30. The Balaban J connectivity index is 2.44. The highest BCUT2D eigenvalue weighted by Crippen LogP contribution is 2.29. The molecule has 0 saturated carbocycles. The molecular formula is C12H9BrClNO2S. The molecule has 18 heavy (non-hydrogen) atoms. The zero-order valence-corrected chi connectivity index (χ0v) is 12.6. The van der Waals surface area contributed by atoms with E-state index in [4.69, 9.17) is 16.3 Å². The fraction of sp³-hybridized carbons (Fsp3) is 0.167. The zero-order valence-electron chi connectivity index (χ0n) is 9.35. The normalized spacial score (nSPS) is 12.4. The van der Waals surface area contributed by atoms with Gasteiger partial charge in [-0.2, -0.15) is 0 Å². The lowest BCUT2D eigenvalue weighted by atomic mass is 10.2. The van der Waals surface area contributed by atoms with E-state index < -0.39 is 6.10 Å². The highest BCUT2D eigenvalue weighted by Gasteiger charge is 2.12. The molecule has 0 aliphatic carbocycles. The molecule has 2 rings (SSSR count). The molecule has 1 unspecified atom stereocenters. The minimum absolute atomic E-state index is 0.335. The monoisotopic (exact) mass is 345 g/mol. The van der Waals surface area contributed by atoms with Gasteiger partial charge >= 0.3 is 0 Å². The van der Waals surface area contributed by atoms with E-state index in [-0.39, 0.29) is 5.12 Å². The molecule has 1 atom stereocenters. The van der Waals surface area contributed by atoms with Crippen LogP contribution in [0.3, 0.4) is 0 Å². The largest absolute Gasteiger partial charge is 0.482 e. The Labute approximate surface area is 123 Å². The number of nitrogens with zero attached hydrogens (tertiary/aromatic N) is 1. The zero-order chi connectivity index (χ0) is 13.3. The second-order valence-corrected chi connectivity index (χ2v) is 5.49. The van der Waals surface area contributed by atoms with Gasteiger partial charge in [0.1, 0.15) is 5.75 Å². The first-order chi connectivity index (χ1) is 8.47. The third kappa shape index (κ3) is 2.96. The number of thiol groups is 1. The van der Waals surface area contributed by atoms with Crippen molar-refractivity contribution >= 4 is 56.2 Å². The minimum Gasteiger partial charge on any atom is -0.482 e. The molecule has 1 heterocycles. The van der Waals surface area contributed by atoms with Crippen LogP contribution >= 0.6 is 40.2 Å². The summed E-state index contributed by atoms with van der Waals surface area (Å²) in [6.07, 6.45) is 1.05. The second-order valence-electron chi connectivity index (χ2n) is 3.73. The summed E-state index contributed by atoms with van der Waals surface area (Å²) < 4.78 is 6.30.